The van der Waals surface area contributed by atoms with Gasteiger partial charge in [-0.3, -0.25) is 4.98 Å². The SMILES string of the molecule is CCC1CC(C(OC)c2ccccn2)C1. The summed E-state index contributed by atoms with van der Waals surface area (Å²) in [4.78, 5) is 4.38. The minimum atomic E-state index is 0.203. The third kappa shape index (κ3) is 2.20. The van der Waals surface area contributed by atoms with E-state index in [-0.39, 0.29) is 6.10 Å². The lowest BCUT2D eigenvalue weighted by Crippen LogP contribution is -2.30. The largest absolute Gasteiger partial charge is 0.375 e. The number of methoxy groups -OCH3 is 1. The molecule has 82 valence electrons. The number of rotatable bonds is 4. The Morgan fingerprint density at radius 3 is 2.80 bits per heavy atom. The third-order valence-electron chi connectivity index (χ3n) is 3.51. The van der Waals surface area contributed by atoms with E-state index in [1.165, 1.54) is 19.3 Å². The minimum absolute atomic E-state index is 0.203. The molecule has 0 aromatic carbocycles. The quantitative estimate of drug-likeness (QED) is 0.753. The van der Waals surface area contributed by atoms with Gasteiger partial charge >= 0.3 is 0 Å². The van der Waals surface area contributed by atoms with Crippen molar-refractivity contribution in [3.8, 4) is 0 Å². The van der Waals surface area contributed by atoms with Gasteiger partial charge in [0.25, 0.3) is 0 Å². The topological polar surface area (TPSA) is 22.1 Å². The summed E-state index contributed by atoms with van der Waals surface area (Å²) in [6.07, 6.45) is 5.94. The van der Waals surface area contributed by atoms with Gasteiger partial charge in [0.1, 0.15) is 6.10 Å². The molecule has 1 atom stereocenters. The molecular formula is C13H19NO. The molecule has 1 fully saturated rings. The Morgan fingerprint density at radius 2 is 2.27 bits per heavy atom. The first-order valence-electron chi connectivity index (χ1n) is 5.78. The fraction of sp³-hybridized carbons (Fsp3) is 0.615. The van der Waals surface area contributed by atoms with Crippen molar-refractivity contribution in [3.05, 3.63) is 30.1 Å². The van der Waals surface area contributed by atoms with E-state index in [0.717, 1.165) is 11.6 Å². The predicted molar refractivity (Wildman–Crippen MR) is 60.5 cm³/mol. The van der Waals surface area contributed by atoms with Crippen LogP contribution in [0.5, 0.6) is 0 Å². The van der Waals surface area contributed by atoms with Gasteiger partial charge in [-0.15, -0.1) is 0 Å². The van der Waals surface area contributed by atoms with Crippen LogP contribution in [-0.4, -0.2) is 12.1 Å². The predicted octanol–water partition coefficient (Wildman–Crippen LogP) is 3.21. The average molecular weight is 205 g/mol. The van der Waals surface area contributed by atoms with Crippen molar-refractivity contribution in [1.29, 1.82) is 0 Å². The zero-order valence-corrected chi connectivity index (χ0v) is 9.52. The summed E-state index contributed by atoms with van der Waals surface area (Å²) in [6, 6.07) is 6.05. The zero-order valence-electron chi connectivity index (χ0n) is 9.52. The summed E-state index contributed by atoms with van der Waals surface area (Å²) in [5.41, 5.74) is 1.08. The molecule has 1 aromatic rings. The molecule has 0 aliphatic heterocycles. The molecule has 1 unspecified atom stereocenters. The van der Waals surface area contributed by atoms with Crippen molar-refractivity contribution in [2.75, 3.05) is 7.11 Å². The van der Waals surface area contributed by atoms with Crippen LogP contribution in [0.1, 0.15) is 38.0 Å². The summed E-state index contributed by atoms with van der Waals surface area (Å²) >= 11 is 0. The number of ether oxygens (including phenoxy) is 1. The highest BCUT2D eigenvalue weighted by atomic mass is 16.5. The molecule has 15 heavy (non-hydrogen) atoms. The van der Waals surface area contributed by atoms with Crippen LogP contribution in [0.3, 0.4) is 0 Å². The normalized spacial score (nSPS) is 27.1. The molecular weight excluding hydrogens is 186 g/mol. The van der Waals surface area contributed by atoms with Gasteiger partial charge in [-0.05, 0) is 36.8 Å². The first-order chi connectivity index (χ1) is 7.35. The molecule has 1 aliphatic carbocycles. The van der Waals surface area contributed by atoms with Crippen LogP contribution < -0.4 is 0 Å². The van der Waals surface area contributed by atoms with Gasteiger partial charge < -0.3 is 4.74 Å². The molecule has 0 radical (unpaired) electrons. The Kier molecular flexibility index (Phi) is 3.37. The number of aromatic nitrogens is 1. The fourth-order valence-electron chi connectivity index (χ4n) is 2.47. The van der Waals surface area contributed by atoms with E-state index in [2.05, 4.69) is 18.0 Å². The van der Waals surface area contributed by atoms with Crippen LogP contribution in [0.2, 0.25) is 0 Å². The van der Waals surface area contributed by atoms with Crippen LogP contribution in [-0.2, 0) is 4.74 Å². The van der Waals surface area contributed by atoms with Crippen LogP contribution in [0.4, 0.5) is 0 Å². The maximum Gasteiger partial charge on any atom is 0.102 e. The lowest BCUT2D eigenvalue weighted by atomic mass is 9.70. The molecule has 1 saturated carbocycles. The van der Waals surface area contributed by atoms with E-state index < -0.39 is 0 Å². The van der Waals surface area contributed by atoms with Gasteiger partial charge in [0.15, 0.2) is 0 Å². The fourth-order valence-corrected chi connectivity index (χ4v) is 2.47. The van der Waals surface area contributed by atoms with Gasteiger partial charge in [-0.25, -0.2) is 0 Å². The maximum absolute atomic E-state index is 5.57. The monoisotopic (exact) mass is 205 g/mol. The van der Waals surface area contributed by atoms with E-state index in [9.17, 15) is 0 Å². The first kappa shape index (κ1) is 10.6. The van der Waals surface area contributed by atoms with Crippen molar-refractivity contribution in [2.45, 2.75) is 32.3 Å². The van der Waals surface area contributed by atoms with Crippen molar-refractivity contribution in [1.82, 2.24) is 4.98 Å². The van der Waals surface area contributed by atoms with E-state index >= 15 is 0 Å². The average Bonchev–Trinajstić information content (AvgIpc) is 2.24. The smallest absolute Gasteiger partial charge is 0.102 e. The van der Waals surface area contributed by atoms with Gasteiger partial charge in [-0.2, -0.15) is 0 Å². The second-order valence-electron chi connectivity index (χ2n) is 4.42. The highest BCUT2D eigenvalue weighted by Gasteiger charge is 2.35. The number of hydrogen-bond acceptors (Lipinski definition) is 2. The van der Waals surface area contributed by atoms with E-state index in [0.29, 0.717) is 5.92 Å². The molecule has 1 aliphatic rings. The van der Waals surface area contributed by atoms with E-state index in [1.807, 2.05) is 18.3 Å². The van der Waals surface area contributed by atoms with Gasteiger partial charge in [0.2, 0.25) is 0 Å². The van der Waals surface area contributed by atoms with Crippen molar-refractivity contribution < 1.29 is 4.74 Å². The lowest BCUT2D eigenvalue weighted by Gasteiger charge is -2.39. The van der Waals surface area contributed by atoms with Gasteiger partial charge in [0.05, 0.1) is 5.69 Å². The third-order valence-corrected chi connectivity index (χ3v) is 3.51. The zero-order chi connectivity index (χ0) is 10.7. The molecule has 0 N–H and O–H groups in total. The summed E-state index contributed by atoms with van der Waals surface area (Å²) in [7, 11) is 1.79. The van der Waals surface area contributed by atoms with Gasteiger partial charge in [-0.1, -0.05) is 19.4 Å². The Hall–Kier alpha value is -0.890. The standard InChI is InChI=1S/C13H19NO/c1-3-10-8-11(9-10)13(15-2)12-6-4-5-7-14-12/h4-7,10-11,13H,3,8-9H2,1-2H3. The Balaban J connectivity index is 2.00. The highest BCUT2D eigenvalue weighted by molar-refractivity contribution is 5.09. The molecule has 0 spiro atoms. The van der Waals surface area contributed by atoms with Crippen molar-refractivity contribution in [2.24, 2.45) is 11.8 Å². The molecule has 0 saturated heterocycles. The molecule has 0 amide bonds. The van der Waals surface area contributed by atoms with Crippen LogP contribution >= 0.6 is 0 Å². The Bertz CT molecular complexity index is 293. The number of hydrogen-bond donors (Lipinski definition) is 0. The Labute approximate surface area is 91.7 Å². The molecule has 1 heterocycles. The second-order valence-corrected chi connectivity index (χ2v) is 4.42. The molecule has 0 bridgehead atoms. The van der Waals surface area contributed by atoms with Crippen molar-refractivity contribution >= 4 is 0 Å². The van der Waals surface area contributed by atoms with Crippen LogP contribution in [0.15, 0.2) is 24.4 Å². The summed E-state index contributed by atoms with van der Waals surface area (Å²) in [5.74, 6) is 1.59. The van der Waals surface area contributed by atoms with Gasteiger partial charge in [0, 0.05) is 13.3 Å². The van der Waals surface area contributed by atoms with Crippen molar-refractivity contribution in [3.63, 3.8) is 0 Å². The Morgan fingerprint density at radius 1 is 1.47 bits per heavy atom. The summed E-state index contributed by atoms with van der Waals surface area (Å²) < 4.78 is 5.57. The molecule has 2 heteroatoms. The minimum Gasteiger partial charge on any atom is -0.375 e. The maximum atomic E-state index is 5.57. The number of nitrogens with zero attached hydrogens (tertiary/aromatic N) is 1. The van der Waals surface area contributed by atoms with Crippen LogP contribution in [0, 0.1) is 11.8 Å². The highest BCUT2D eigenvalue weighted by Crippen LogP contribution is 2.44. The van der Waals surface area contributed by atoms with E-state index in [4.69, 9.17) is 4.74 Å². The van der Waals surface area contributed by atoms with E-state index in [1.54, 1.807) is 7.11 Å². The van der Waals surface area contributed by atoms with Crippen LogP contribution in [0.25, 0.3) is 0 Å². The number of pyridine rings is 1. The summed E-state index contributed by atoms with van der Waals surface area (Å²) in [5, 5.41) is 0. The molecule has 2 nitrogen and oxygen atoms in total. The second kappa shape index (κ2) is 4.75. The first-order valence-corrected chi connectivity index (χ1v) is 5.78. The molecule has 2 rings (SSSR count). The lowest BCUT2D eigenvalue weighted by molar-refractivity contribution is -0.0111. The summed E-state index contributed by atoms with van der Waals surface area (Å²) in [6.45, 7) is 2.27. The molecule has 1 aromatic heterocycles.